The highest BCUT2D eigenvalue weighted by molar-refractivity contribution is 6.31. The zero-order chi connectivity index (χ0) is 20.8. The van der Waals surface area contributed by atoms with Gasteiger partial charge in [0.25, 0.3) is 11.6 Å². The molecule has 148 valence electrons. The maximum atomic E-state index is 12.8. The van der Waals surface area contributed by atoms with Crippen molar-refractivity contribution in [3.63, 3.8) is 0 Å². The Labute approximate surface area is 172 Å². The molecule has 0 saturated heterocycles. The highest BCUT2D eigenvalue weighted by Crippen LogP contribution is 2.31. The molecule has 0 heterocycles. The molecular weight excluding hydrogens is 396 g/mol. The van der Waals surface area contributed by atoms with Gasteiger partial charge in [-0.15, -0.1) is 0 Å². The highest BCUT2D eigenvalue weighted by atomic mass is 35.5. The number of carbonyl (C=O) groups is 1. The summed E-state index contributed by atoms with van der Waals surface area (Å²) in [6.45, 7) is 0.281. The normalized spacial score (nSPS) is 10.3. The summed E-state index contributed by atoms with van der Waals surface area (Å²) in [5.41, 5.74) is 1.33. The molecule has 1 amide bonds. The smallest absolute Gasteiger partial charge is 0.273 e. The van der Waals surface area contributed by atoms with E-state index in [1.807, 2.05) is 30.3 Å². The number of ether oxygens (including phenoxy) is 2. The van der Waals surface area contributed by atoms with E-state index >= 15 is 0 Å². The zero-order valence-corrected chi connectivity index (χ0v) is 16.2. The number of hydrogen-bond donors (Lipinski definition) is 1. The number of halogens is 1. The topological polar surface area (TPSA) is 90.7 Å². The van der Waals surface area contributed by atoms with E-state index in [0.29, 0.717) is 10.8 Å². The molecule has 1 N–H and O–H groups in total. The molecule has 8 heteroatoms. The Morgan fingerprint density at radius 3 is 2.52 bits per heavy atom. The summed E-state index contributed by atoms with van der Waals surface area (Å²) < 4.78 is 11.0. The number of non-ortho nitro benzene ring substituents is 1. The summed E-state index contributed by atoms with van der Waals surface area (Å²) in [6.07, 6.45) is 0. The lowest BCUT2D eigenvalue weighted by atomic mass is 10.1. The first-order valence-electron chi connectivity index (χ1n) is 8.58. The van der Waals surface area contributed by atoms with Gasteiger partial charge in [-0.05, 0) is 29.8 Å². The van der Waals surface area contributed by atoms with Crippen molar-refractivity contribution in [1.82, 2.24) is 0 Å². The lowest BCUT2D eigenvalue weighted by molar-refractivity contribution is -0.384. The van der Waals surface area contributed by atoms with Crippen molar-refractivity contribution in [2.45, 2.75) is 6.61 Å². The van der Waals surface area contributed by atoms with Crippen LogP contribution < -0.4 is 14.8 Å². The lowest BCUT2D eigenvalue weighted by Crippen LogP contribution is -2.14. The van der Waals surface area contributed by atoms with Crippen LogP contribution in [0.2, 0.25) is 5.02 Å². The van der Waals surface area contributed by atoms with Crippen molar-refractivity contribution in [1.29, 1.82) is 0 Å². The van der Waals surface area contributed by atoms with Gasteiger partial charge >= 0.3 is 0 Å². The van der Waals surface area contributed by atoms with Crippen LogP contribution in [0.25, 0.3) is 0 Å². The standard InChI is InChI=1S/C21H17ClN2O5/c1-28-20-12-16(24(26)27)8-9-18(20)23-21(25)17-11-15(22)7-10-19(17)29-13-14-5-3-2-4-6-14/h2-12H,13H2,1H3,(H,23,25). The van der Waals surface area contributed by atoms with E-state index in [2.05, 4.69) is 5.32 Å². The van der Waals surface area contributed by atoms with Crippen LogP contribution >= 0.6 is 11.6 Å². The number of nitro groups is 1. The number of rotatable bonds is 7. The largest absolute Gasteiger partial charge is 0.494 e. The maximum absolute atomic E-state index is 12.8. The number of nitro benzene ring substituents is 1. The molecule has 3 aromatic carbocycles. The number of nitrogens with zero attached hydrogens (tertiary/aromatic N) is 1. The fourth-order valence-corrected chi connectivity index (χ4v) is 2.80. The quantitative estimate of drug-likeness (QED) is 0.431. The average molecular weight is 413 g/mol. The Balaban J connectivity index is 1.83. The van der Waals surface area contributed by atoms with E-state index in [0.717, 1.165) is 5.56 Å². The molecule has 0 atom stereocenters. The molecule has 0 saturated carbocycles. The van der Waals surface area contributed by atoms with Crippen LogP contribution in [0.4, 0.5) is 11.4 Å². The summed E-state index contributed by atoms with van der Waals surface area (Å²) in [7, 11) is 1.36. The minimum atomic E-state index is -0.541. The third kappa shape index (κ3) is 5.03. The van der Waals surface area contributed by atoms with Crippen molar-refractivity contribution >= 4 is 28.9 Å². The van der Waals surface area contributed by atoms with Crippen molar-refractivity contribution in [2.24, 2.45) is 0 Å². The van der Waals surface area contributed by atoms with Crippen molar-refractivity contribution in [3.8, 4) is 11.5 Å². The number of nitrogens with one attached hydrogen (secondary N) is 1. The summed E-state index contributed by atoms with van der Waals surface area (Å²) >= 11 is 6.06. The predicted molar refractivity (Wildman–Crippen MR) is 110 cm³/mol. The average Bonchev–Trinajstić information content (AvgIpc) is 2.73. The SMILES string of the molecule is COc1cc([N+](=O)[O-])ccc1NC(=O)c1cc(Cl)ccc1OCc1ccccc1. The second-order valence-corrected chi connectivity index (χ2v) is 6.45. The fraction of sp³-hybridized carbons (Fsp3) is 0.0952. The number of benzene rings is 3. The molecule has 0 aromatic heterocycles. The van der Waals surface area contributed by atoms with Crippen LogP contribution in [0, 0.1) is 10.1 Å². The molecule has 3 aromatic rings. The Morgan fingerprint density at radius 2 is 1.83 bits per heavy atom. The number of anilines is 1. The van der Waals surface area contributed by atoms with Crippen molar-refractivity contribution in [2.75, 3.05) is 12.4 Å². The molecule has 0 radical (unpaired) electrons. The van der Waals surface area contributed by atoms with E-state index in [9.17, 15) is 14.9 Å². The van der Waals surface area contributed by atoms with E-state index in [1.165, 1.54) is 31.4 Å². The van der Waals surface area contributed by atoms with Crippen LogP contribution in [0.3, 0.4) is 0 Å². The summed E-state index contributed by atoms with van der Waals surface area (Å²) in [6, 6.07) is 18.2. The van der Waals surface area contributed by atoms with Crippen LogP contribution in [0.1, 0.15) is 15.9 Å². The Kier molecular flexibility index (Phi) is 6.31. The number of hydrogen-bond acceptors (Lipinski definition) is 5. The van der Waals surface area contributed by atoms with Gasteiger partial charge in [-0.3, -0.25) is 14.9 Å². The van der Waals surface area contributed by atoms with Crippen LogP contribution in [-0.2, 0) is 6.61 Å². The summed E-state index contributed by atoms with van der Waals surface area (Å²) in [5.74, 6) is 0.0423. The van der Waals surface area contributed by atoms with Crippen LogP contribution in [0.5, 0.6) is 11.5 Å². The van der Waals surface area contributed by atoms with Crippen molar-refractivity contribution in [3.05, 3.63) is 93.0 Å². The second kappa shape index (κ2) is 9.07. The van der Waals surface area contributed by atoms with E-state index in [-0.39, 0.29) is 29.3 Å². The van der Waals surface area contributed by atoms with Gasteiger partial charge in [-0.25, -0.2) is 0 Å². The first-order chi connectivity index (χ1) is 14.0. The molecule has 29 heavy (non-hydrogen) atoms. The van der Waals surface area contributed by atoms with E-state index < -0.39 is 10.8 Å². The summed E-state index contributed by atoms with van der Waals surface area (Å²) in [5, 5.41) is 14.0. The van der Waals surface area contributed by atoms with Crippen molar-refractivity contribution < 1.29 is 19.2 Å². The fourth-order valence-electron chi connectivity index (χ4n) is 2.63. The molecule has 0 spiro atoms. The minimum Gasteiger partial charge on any atom is -0.494 e. The molecular formula is C21H17ClN2O5. The van der Waals surface area contributed by atoms with Gasteiger partial charge in [0.2, 0.25) is 0 Å². The number of methoxy groups -OCH3 is 1. The molecule has 0 aliphatic carbocycles. The lowest BCUT2D eigenvalue weighted by Gasteiger charge is -2.14. The number of carbonyl (C=O) groups excluding carboxylic acids is 1. The van der Waals surface area contributed by atoms with Gasteiger partial charge in [0.05, 0.1) is 29.4 Å². The van der Waals surface area contributed by atoms with Gasteiger partial charge in [-0.2, -0.15) is 0 Å². The third-order valence-electron chi connectivity index (χ3n) is 4.07. The molecule has 0 unspecified atom stereocenters. The third-order valence-corrected chi connectivity index (χ3v) is 4.30. The predicted octanol–water partition coefficient (Wildman–Crippen LogP) is 5.09. The van der Waals surface area contributed by atoms with Crippen LogP contribution in [0.15, 0.2) is 66.7 Å². The molecule has 0 aliphatic rings. The van der Waals surface area contributed by atoms with Gasteiger partial charge in [0, 0.05) is 11.1 Å². The first-order valence-corrected chi connectivity index (χ1v) is 8.96. The summed E-state index contributed by atoms with van der Waals surface area (Å²) in [4.78, 5) is 23.2. The van der Waals surface area contributed by atoms with E-state index in [4.69, 9.17) is 21.1 Å². The molecule has 0 bridgehead atoms. The van der Waals surface area contributed by atoms with Gasteiger partial charge < -0.3 is 14.8 Å². The molecule has 0 fully saturated rings. The van der Waals surface area contributed by atoms with Crippen LogP contribution in [-0.4, -0.2) is 17.9 Å². The Morgan fingerprint density at radius 1 is 1.07 bits per heavy atom. The van der Waals surface area contributed by atoms with Gasteiger partial charge in [0.15, 0.2) is 0 Å². The maximum Gasteiger partial charge on any atom is 0.273 e. The zero-order valence-electron chi connectivity index (χ0n) is 15.4. The Hall–Kier alpha value is -3.58. The number of amides is 1. The monoisotopic (exact) mass is 412 g/mol. The minimum absolute atomic E-state index is 0.144. The van der Waals surface area contributed by atoms with Gasteiger partial charge in [0.1, 0.15) is 18.1 Å². The highest BCUT2D eigenvalue weighted by Gasteiger charge is 2.18. The second-order valence-electron chi connectivity index (χ2n) is 6.01. The van der Waals surface area contributed by atoms with E-state index in [1.54, 1.807) is 12.1 Å². The van der Waals surface area contributed by atoms with Gasteiger partial charge in [-0.1, -0.05) is 41.9 Å². The molecule has 0 aliphatic heterocycles. The molecule has 3 rings (SSSR count). The molecule has 7 nitrogen and oxygen atoms in total. The first kappa shape index (κ1) is 20.2. The Bertz CT molecular complexity index is 1040.